The van der Waals surface area contributed by atoms with Gasteiger partial charge in [0, 0.05) is 5.56 Å². The standard InChI is InChI=1S/C12H10F2O3/c13-9-5-3-6-10(14)8(9)4-1-2-7-11(15)12(16)17/h1-7,12,16-17H/b4-1+,7-2+. The Morgan fingerprint density at radius 1 is 1.18 bits per heavy atom. The van der Waals surface area contributed by atoms with Crippen molar-refractivity contribution in [3.63, 3.8) is 0 Å². The van der Waals surface area contributed by atoms with Crippen molar-refractivity contribution >= 4 is 11.9 Å². The van der Waals surface area contributed by atoms with Gasteiger partial charge in [0.15, 0.2) is 0 Å². The van der Waals surface area contributed by atoms with E-state index in [-0.39, 0.29) is 5.56 Å². The number of ketones is 1. The number of rotatable bonds is 4. The highest BCUT2D eigenvalue weighted by Gasteiger charge is 2.05. The molecule has 0 fully saturated rings. The third-order valence-electron chi connectivity index (χ3n) is 1.89. The van der Waals surface area contributed by atoms with Gasteiger partial charge in [-0.3, -0.25) is 4.79 Å². The molecule has 0 saturated carbocycles. The fourth-order valence-corrected chi connectivity index (χ4v) is 1.06. The van der Waals surface area contributed by atoms with Gasteiger partial charge in [-0.2, -0.15) is 0 Å². The van der Waals surface area contributed by atoms with Crippen molar-refractivity contribution in [1.29, 1.82) is 0 Å². The smallest absolute Gasteiger partial charge is 0.217 e. The Morgan fingerprint density at radius 2 is 1.76 bits per heavy atom. The van der Waals surface area contributed by atoms with Gasteiger partial charge in [-0.25, -0.2) is 8.78 Å². The number of benzene rings is 1. The van der Waals surface area contributed by atoms with Gasteiger partial charge in [-0.05, 0) is 24.3 Å². The zero-order valence-electron chi connectivity index (χ0n) is 8.68. The second-order valence-electron chi connectivity index (χ2n) is 3.13. The van der Waals surface area contributed by atoms with Crippen LogP contribution < -0.4 is 0 Å². The third-order valence-corrected chi connectivity index (χ3v) is 1.89. The second-order valence-corrected chi connectivity index (χ2v) is 3.13. The Kier molecular flexibility index (Phi) is 4.68. The maximum atomic E-state index is 13.1. The number of allylic oxidation sites excluding steroid dienone is 2. The summed E-state index contributed by atoms with van der Waals surface area (Å²) in [6.07, 6.45) is 2.33. The van der Waals surface area contributed by atoms with E-state index in [2.05, 4.69) is 0 Å². The zero-order valence-corrected chi connectivity index (χ0v) is 8.68. The second kappa shape index (κ2) is 6.03. The molecule has 0 bridgehead atoms. The van der Waals surface area contributed by atoms with E-state index in [0.29, 0.717) is 0 Å². The molecule has 3 nitrogen and oxygen atoms in total. The minimum absolute atomic E-state index is 0.228. The van der Waals surface area contributed by atoms with E-state index in [4.69, 9.17) is 10.2 Å². The summed E-state index contributed by atoms with van der Waals surface area (Å²) in [4.78, 5) is 10.7. The third kappa shape index (κ3) is 3.90. The van der Waals surface area contributed by atoms with Crippen LogP contribution in [0, 0.1) is 11.6 Å². The molecule has 0 aliphatic rings. The molecule has 0 radical (unpaired) electrons. The largest absolute Gasteiger partial charge is 0.362 e. The summed E-state index contributed by atoms with van der Waals surface area (Å²) in [5.74, 6) is -2.35. The Bertz CT molecular complexity index is 445. The number of aliphatic hydroxyl groups is 2. The van der Waals surface area contributed by atoms with Gasteiger partial charge in [-0.15, -0.1) is 0 Å². The van der Waals surface area contributed by atoms with Gasteiger partial charge in [0.1, 0.15) is 11.6 Å². The molecular weight excluding hydrogens is 230 g/mol. The highest BCUT2D eigenvalue weighted by molar-refractivity contribution is 5.92. The van der Waals surface area contributed by atoms with E-state index in [0.717, 1.165) is 30.4 Å². The quantitative estimate of drug-likeness (QED) is 0.475. The van der Waals surface area contributed by atoms with Crippen LogP contribution in [0.15, 0.2) is 36.4 Å². The van der Waals surface area contributed by atoms with Crippen LogP contribution in [0.1, 0.15) is 5.56 Å². The lowest BCUT2D eigenvalue weighted by atomic mass is 10.2. The molecule has 90 valence electrons. The van der Waals surface area contributed by atoms with Gasteiger partial charge in [0.05, 0.1) is 0 Å². The highest BCUT2D eigenvalue weighted by Crippen LogP contribution is 2.13. The van der Waals surface area contributed by atoms with Crippen molar-refractivity contribution in [2.45, 2.75) is 6.29 Å². The summed E-state index contributed by atoms with van der Waals surface area (Å²) in [5, 5.41) is 16.9. The molecule has 1 aromatic carbocycles. The van der Waals surface area contributed by atoms with E-state index in [1.54, 1.807) is 0 Å². The molecule has 0 amide bonds. The predicted octanol–water partition coefficient (Wildman–Crippen LogP) is 1.41. The molecule has 0 unspecified atom stereocenters. The van der Waals surface area contributed by atoms with Crippen LogP contribution in [0.5, 0.6) is 0 Å². The van der Waals surface area contributed by atoms with Gasteiger partial charge in [0.2, 0.25) is 12.1 Å². The maximum absolute atomic E-state index is 13.1. The fraction of sp³-hybridized carbons (Fsp3) is 0.0833. The van der Waals surface area contributed by atoms with E-state index in [1.807, 2.05) is 0 Å². The minimum Gasteiger partial charge on any atom is -0.362 e. The summed E-state index contributed by atoms with van der Waals surface area (Å²) in [6.45, 7) is 0. The van der Waals surface area contributed by atoms with Crippen molar-refractivity contribution in [2.24, 2.45) is 0 Å². The number of carbonyl (C=O) groups excluding carboxylic acids is 1. The first-order valence-electron chi connectivity index (χ1n) is 4.71. The van der Waals surface area contributed by atoms with E-state index in [9.17, 15) is 13.6 Å². The van der Waals surface area contributed by atoms with Crippen molar-refractivity contribution in [3.05, 3.63) is 53.6 Å². The van der Waals surface area contributed by atoms with E-state index < -0.39 is 23.7 Å². The topological polar surface area (TPSA) is 57.5 Å². The molecule has 1 rings (SSSR count). The van der Waals surface area contributed by atoms with Crippen molar-refractivity contribution < 1.29 is 23.8 Å². The molecule has 1 aromatic rings. The van der Waals surface area contributed by atoms with Gasteiger partial charge >= 0.3 is 0 Å². The number of aliphatic hydroxyl groups excluding tert-OH is 1. The monoisotopic (exact) mass is 240 g/mol. The molecule has 0 aromatic heterocycles. The van der Waals surface area contributed by atoms with E-state index >= 15 is 0 Å². The number of hydrogen-bond donors (Lipinski definition) is 2. The van der Waals surface area contributed by atoms with Crippen LogP contribution in [0.3, 0.4) is 0 Å². The Balaban J connectivity index is 2.75. The van der Waals surface area contributed by atoms with Crippen molar-refractivity contribution in [1.82, 2.24) is 0 Å². The number of carbonyl (C=O) groups is 1. The molecular formula is C12H10F2O3. The molecule has 17 heavy (non-hydrogen) atoms. The first kappa shape index (κ1) is 13.2. The summed E-state index contributed by atoms with van der Waals surface area (Å²) in [5.41, 5.74) is -0.228. The average molecular weight is 240 g/mol. The van der Waals surface area contributed by atoms with Gasteiger partial charge < -0.3 is 10.2 Å². The van der Waals surface area contributed by atoms with Crippen LogP contribution in [0.2, 0.25) is 0 Å². The molecule has 5 heteroatoms. The highest BCUT2D eigenvalue weighted by atomic mass is 19.1. The molecule has 0 aliphatic carbocycles. The van der Waals surface area contributed by atoms with Crippen LogP contribution in [0.4, 0.5) is 8.78 Å². The van der Waals surface area contributed by atoms with Crippen molar-refractivity contribution in [2.75, 3.05) is 0 Å². The fourth-order valence-electron chi connectivity index (χ4n) is 1.06. The predicted molar refractivity (Wildman–Crippen MR) is 57.8 cm³/mol. The Hall–Kier alpha value is -1.85. The van der Waals surface area contributed by atoms with Crippen LogP contribution in [-0.2, 0) is 4.79 Å². The van der Waals surface area contributed by atoms with Crippen LogP contribution in [-0.4, -0.2) is 22.3 Å². The summed E-state index contributed by atoms with van der Waals surface area (Å²) in [7, 11) is 0. The lowest BCUT2D eigenvalue weighted by molar-refractivity contribution is -0.139. The summed E-state index contributed by atoms with van der Waals surface area (Å²) >= 11 is 0. The first-order valence-corrected chi connectivity index (χ1v) is 4.71. The first-order chi connectivity index (χ1) is 8.02. The number of hydrogen-bond acceptors (Lipinski definition) is 3. The van der Waals surface area contributed by atoms with Crippen LogP contribution >= 0.6 is 0 Å². The molecule has 2 N–H and O–H groups in total. The molecule has 0 atom stereocenters. The maximum Gasteiger partial charge on any atom is 0.217 e. The Labute approximate surface area is 96.3 Å². The SMILES string of the molecule is O=C(/C=C/C=C/c1c(F)cccc1F)C(O)O. The van der Waals surface area contributed by atoms with Gasteiger partial charge in [-0.1, -0.05) is 18.2 Å². The Morgan fingerprint density at radius 3 is 2.29 bits per heavy atom. The zero-order chi connectivity index (χ0) is 12.8. The summed E-state index contributed by atoms with van der Waals surface area (Å²) in [6, 6.07) is 3.45. The van der Waals surface area contributed by atoms with Crippen LogP contribution in [0.25, 0.3) is 6.08 Å². The van der Waals surface area contributed by atoms with E-state index in [1.165, 1.54) is 12.1 Å². The molecule has 0 heterocycles. The summed E-state index contributed by atoms with van der Waals surface area (Å²) < 4.78 is 26.2. The number of halogens is 2. The lowest BCUT2D eigenvalue weighted by Crippen LogP contribution is -2.15. The minimum atomic E-state index is -2.08. The molecule has 0 spiro atoms. The van der Waals surface area contributed by atoms with Crippen molar-refractivity contribution in [3.8, 4) is 0 Å². The average Bonchev–Trinajstić information content (AvgIpc) is 2.27. The molecule has 0 saturated heterocycles. The normalized spacial score (nSPS) is 11.8. The lowest BCUT2D eigenvalue weighted by Gasteiger charge is -1.97. The molecule has 0 aliphatic heterocycles. The van der Waals surface area contributed by atoms with Gasteiger partial charge in [0.25, 0.3) is 0 Å².